The van der Waals surface area contributed by atoms with Gasteiger partial charge in [0.25, 0.3) is 0 Å². The van der Waals surface area contributed by atoms with Gasteiger partial charge >= 0.3 is 11.9 Å². The summed E-state index contributed by atoms with van der Waals surface area (Å²) in [6, 6.07) is 0. The van der Waals surface area contributed by atoms with E-state index in [0.717, 1.165) is 23.7 Å². The first-order chi connectivity index (χ1) is 12.7. The molecule has 0 aromatic rings. The number of carbonyl (C=O) groups is 2. The molecule has 0 bridgehead atoms. The smallest absolute Gasteiger partial charge is 0.306 e. The van der Waals surface area contributed by atoms with Crippen molar-refractivity contribution < 1.29 is 19.1 Å². The zero-order chi connectivity index (χ0) is 18.3. The minimum Gasteiger partial charge on any atom is -0.465 e. The van der Waals surface area contributed by atoms with Crippen LogP contribution in [-0.4, -0.2) is 25.2 Å². The lowest BCUT2D eigenvalue weighted by Gasteiger charge is -2.80. The van der Waals surface area contributed by atoms with Crippen molar-refractivity contribution in [3.8, 4) is 0 Å². The van der Waals surface area contributed by atoms with Crippen molar-refractivity contribution >= 4 is 11.9 Å². The van der Waals surface area contributed by atoms with E-state index in [1.807, 2.05) is 0 Å². The maximum absolute atomic E-state index is 11.9. The van der Waals surface area contributed by atoms with Crippen molar-refractivity contribution in [3.05, 3.63) is 25.3 Å². The molecule has 0 N–H and O–H groups in total. The quantitative estimate of drug-likeness (QED) is 0.441. The van der Waals surface area contributed by atoms with E-state index in [1.54, 1.807) is 12.2 Å². The third-order valence-electron chi connectivity index (χ3n) is 7.67. The van der Waals surface area contributed by atoms with Gasteiger partial charge in [0.15, 0.2) is 0 Å². The Labute approximate surface area is 156 Å². The Bertz CT molecular complexity index is 545. The maximum atomic E-state index is 11.9. The van der Waals surface area contributed by atoms with E-state index in [9.17, 15) is 9.59 Å². The van der Waals surface area contributed by atoms with Crippen LogP contribution >= 0.6 is 0 Å². The SMILES string of the molecule is C=CCCC(=O)OCC1C(COC(=O)CCC=C)C2C3C4CCC4C3C12. The molecule has 4 aliphatic carbocycles. The summed E-state index contributed by atoms with van der Waals surface area (Å²) in [6.07, 6.45) is 8.40. The van der Waals surface area contributed by atoms with Crippen LogP contribution < -0.4 is 0 Å². The van der Waals surface area contributed by atoms with Gasteiger partial charge in [-0.2, -0.15) is 0 Å². The van der Waals surface area contributed by atoms with Crippen molar-refractivity contribution in [3.63, 3.8) is 0 Å². The molecule has 8 unspecified atom stereocenters. The first-order valence-electron chi connectivity index (χ1n) is 10.2. The van der Waals surface area contributed by atoms with E-state index in [0.29, 0.717) is 62.6 Å². The third-order valence-corrected chi connectivity index (χ3v) is 7.67. The number of allylic oxidation sites excluding steroid dienone is 2. The van der Waals surface area contributed by atoms with Crippen LogP contribution in [0.15, 0.2) is 25.3 Å². The van der Waals surface area contributed by atoms with Gasteiger partial charge in [-0.1, -0.05) is 12.2 Å². The number of hydrogen-bond acceptors (Lipinski definition) is 4. The molecule has 0 radical (unpaired) electrons. The molecule has 4 fully saturated rings. The van der Waals surface area contributed by atoms with E-state index >= 15 is 0 Å². The average Bonchev–Trinajstić information content (AvgIpc) is 2.60. The zero-order valence-corrected chi connectivity index (χ0v) is 15.5. The highest BCUT2D eigenvalue weighted by atomic mass is 16.5. The van der Waals surface area contributed by atoms with Gasteiger partial charge in [-0.3, -0.25) is 9.59 Å². The number of esters is 2. The van der Waals surface area contributed by atoms with Crippen LogP contribution in [0.25, 0.3) is 0 Å². The summed E-state index contributed by atoms with van der Waals surface area (Å²) in [6.45, 7) is 8.28. The van der Waals surface area contributed by atoms with Gasteiger partial charge in [-0.15, -0.1) is 13.2 Å². The van der Waals surface area contributed by atoms with Gasteiger partial charge in [0.05, 0.1) is 13.2 Å². The standard InChI is InChI=1S/C22H30O4/c1-3-5-7-17(23)25-11-15-16(12-26-18(24)8-6-4-2)22-20-14-10-9-13(14)19(20)21(15)22/h3-4,13-16,19-22H,1-2,5-12H2. The fourth-order valence-corrected chi connectivity index (χ4v) is 6.38. The first kappa shape index (κ1) is 17.8. The van der Waals surface area contributed by atoms with Gasteiger partial charge in [0.1, 0.15) is 0 Å². The van der Waals surface area contributed by atoms with Crippen molar-refractivity contribution in [2.45, 2.75) is 38.5 Å². The zero-order valence-electron chi connectivity index (χ0n) is 15.5. The second kappa shape index (κ2) is 7.21. The summed E-state index contributed by atoms with van der Waals surface area (Å²) < 4.78 is 11.1. The maximum Gasteiger partial charge on any atom is 0.306 e. The number of fused-ring (bicyclic) bond motifs is 7. The van der Waals surface area contributed by atoms with Crippen LogP contribution in [-0.2, 0) is 19.1 Å². The van der Waals surface area contributed by atoms with E-state index in [-0.39, 0.29) is 11.9 Å². The Kier molecular flexibility index (Phi) is 4.94. The molecule has 8 atom stereocenters. The molecule has 0 aliphatic heterocycles. The van der Waals surface area contributed by atoms with Gasteiger partial charge in [-0.05, 0) is 61.2 Å². The molecule has 0 heterocycles. The summed E-state index contributed by atoms with van der Waals surface area (Å²) in [5.41, 5.74) is 0. The normalized spacial score (nSPS) is 40.8. The Balaban J connectivity index is 1.31. The fourth-order valence-electron chi connectivity index (χ4n) is 6.38. The minimum atomic E-state index is -0.138. The van der Waals surface area contributed by atoms with Crippen LogP contribution in [0, 0.1) is 47.3 Å². The number of carbonyl (C=O) groups excluding carboxylic acids is 2. The summed E-state index contributed by atoms with van der Waals surface area (Å²) in [7, 11) is 0. The van der Waals surface area contributed by atoms with Gasteiger partial charge < -0.3 is 9.47 Å². The second-order valence-corrected chi connectivity index (χ2v) is 8.56. The Morgan fingerprint density at radius 3 is 1.54 bits per heavy atom. The molecule has 26 heavy (non-hydrogen) atoms. The van der Waals surface area contributed by atoms with Gasteiger partial charge in [0, 0.05) is 24.7 Å². The molecule has 0 saturated heterocycles. The predicted molar refractivity (Wildman–Crippen MR) is 97.9 cm³/mol. The Morgan fingerprint density at radius 2 is 1.19 bits per heavy atom. The lowest BCUT2D eigenvalue weighted by molar-refractivity contribution is -0.345. The summed E-state index contributed by atoms with van der Waals surface area (Å²) in [4.78, 5) is 23.7. The molecule has 142 valence electrons. The van der Waals surface area contributed by atoms with Crippen LogP contribution in [0.1, 0.15) is 38.5 Å². The van der Waals surface area contributed by atoms with Crippen molar-refractivity contribution in [1.82, 2.24) is 0 Å². The molecule has 0 aromatic carbocycles. The van der Waals surface area contributed by atoms with Crippen molar-refractivity contribution in [2.24, 2.45) is 47.3 Å². The monoisotopic (exact) mass is 358 g/mol. The number of rotatable bonds is 10. The highest BCUT2D eigenvalue weighted by molar-refractivity contribution is 5.70. The predicted octanol–water partition coefficient (Wildman–Crippen LogP) is 3.77. The number of hydrogen-bond donors (Lipinski definition) is 0. The molecular weight excluding hydrogens is 328 g/mol. The van der Waals surface area contributed by atoms with E-state index in [1.165, 1.54) is 12.8 Å². The molecule has 4 saturated carbocycles. The van der Waals surface area contributed by atoms with E-state index in [4.69, 9.17) is 9.47 Å². The second-order valence-electron chi connectivity index (χ2n) is 8.56. The molecule has 0 spiro atoms. The number of ether oxygens (including phenoxy) is 2. The van der Waals surface area contributed by atoms with Crippen LogP contribution in [0.5, 0.6) is 0 Å². The van der Waals surface area contributed by atoms with Crippen LogP contribution in [0.3, 0.4) is 0 Å². The van der Waals surface area contributed by atoms with Crippen LogP contribution in [0.4, 0.5) is 0 Å². The molecule has 4 aliphatic rings. The highest BCUT2D eigenvalue weighted by Crippen LogP contribution is 2.79. The Morgan fingerprint density at radius 1 is 0.769 bits per heavy atom. The lowest BCUT2D eigenvalue weighted by atomic mass is 9.24. The van der Waals surface area contributed by atoms with E-state index < -0.39 is 0 Å². The summed E-state index contributed by atoms with van der Waals surface area (Å²) in [5, 5.41) is 0. The largest absolute Gasteiger partial charge is 0.465 e. The molecular formula is C22H30O4. The van der Waals surface area contributed by atoms with E-state index in [2.05, 4.69) is 13.2 Å². The topological polar surface area (TPSA) is 52.6 Å². The van der Waals surface area contributed by atoms with Crippen LogP contribution in [0.2, 0.25) is 0 Å². The average molecular weight is 358 g/mol. The molecule has 4 rings (SSSR count). The molecule has 0 amide bonds. The summed E-state index contributed by atoms with van der Waals surface area (Å²) in [5.74, 6) is 5.49. The lowest BCUT2D eigenvalue weighted by Crippen LogP contribution is -2.78. The van der Waals surface area contributed by atoms with Crippen molar-refractivity contribution in [1.29, 1.82) is 0 Å². The molecule has 0 aromatic heterocycles. The third kappa shape index (κ3) is 2.73. The highest BCUT2D eigenvalue weighted by Gasteiger charge is 2.76. The van der Waals surface area contributed by atoms with Crippen molar-refractivity contribution in [2.75, 3.05) is 13.2 Å². The Hall–Kier alpha value is -1.58. The summed E-state index contributed by atoms with van der Waals surface area (Å²) >= 11 is 0. The molecule has 4 nitrogen and oxygen atoms in total. The van der Waals surface area contributed by atoms with Gasteiger partial charge in [0.2, 0.25) is 0 Å². The fraction of sp³-hybridized carbons (Fsp3) is 0.727. The first-order valence-corrected chi connectivity index (χ1v) is 10.2. The minimum absolute atomic E-state index is 0.138. The van der Waals surface area contributed by atoms with Gasteiger partial charge in [-0.25, -0.2) is 0 Å². The molecule has 4 heteroatoms.